The second kappa shape index (κ2) is 9.27. The molecule has 2 heterocycles. The highest BCUT2D eigenvalue weighted by Crippen LogP contribution is 2.42. The van der Waals surface area contributed by atoms with Crippen LogP contribution in [0.4, 0.5) is 5.82 Å². The second-order valence-electron chi connectivity index (χ2n) is 7.82. The van der Waals surface area contributed by atoms with Crippen LogP contribution in [0, 0.1) is 13.8 Å². The summed E-state index contributed by atoms with van der Waals surface area (Å²) in [7, 11) is 1.55. The number of ether oxygens (including phenoxy) is 2. The summed E-state index contributed by atoms with van der Waals surface area (Å²) in [5.41, 5.74) is 1.66. The summed E-state index contributed by atoms with van der Waals surface area (Å²) in [5.74, 6) is -0.124. The molecule has 2 aromatic carbocycles. The third-order valence-corrected chi connectivity index (χ3v) is 5.52. The Hall–Kier alpha value is -4.33. The Morgan fingerprint density at radius 1 is 1.21 bits per heavy atom. The number of hydrogen-bond donors (Lipinski definition) is 1. The van der Waals surface area contributed by atoms with Gasteiger partial charge < -0.3 is 19.1 Å². The van der Waals surface area contributed by atoms with E-state index >= 15 is 0 Å². The van der Waals surface area contributed by atoms with E-state index in [1.807, 2.05) is 6.92 Å². The van der Waals surface area contributed by atoms with Gasteiger partial charge in [0.1, 0.15) is 29.6 Å². The van der Waals surface area contributed by atoms with E-state index in [0.717, 1.165) is 5.56 Å². The van der Waals surface area contributed by atoms with Gasteiger partial charge in [0, 0.05) is 11.6 Å². The third kappa shape index (κ3) is 4.05. The van der Waals surface area contributed by atoms with E-state index in [-0.39, 0.29) is 23.8 Å². The van der Waals surface area contributed by atoms with Crippen molar-refractivity contribution in [3.05, 3.63) is 89.2 Å². The average molecular weight is 460 g/mol. The van der Waals surface area contributed by atoms with Gasteiger partial charge in [-0.2, -0.15) is 0 Å². The molecule has 0 radical (unpaired) electrons. The number of carbonyl (C=O) groups excluding carboxylic acids is 2. The summed E-state index contributed by atoms with van der Waals surface area (Å²) in [4.78, 5) is 27.6. The molecule has 3 aromatic rings. The maximum atomic E-state index is 13.2. The van der Waals surface area contributed by atoms with Crippen LogP contribution in [0.5, 0.6) is 11.5 Å². The van der Waals surface area contributed by atoms with Crippen LogP contribution < -0.4 is 14.4 Å². The quantitative estimate of drug-likeness (QED) is 0.240. The first-order valence-electron chi connectivity index (χ1n) is 10.6. The number of Topliss-reactive ketones (excluding diaryl/α,β-unsaturated/α-hetero) is 1. The smallest absolute Gasteiger partial charge is 0.301 e. The van der Waals surface area contributed by atoms with Gasteiger partial charge in [-0.25, -0.2) is 0 Å². The van der Waals surface area contributed by atoms with E-state index in [2.05, 4.69) is 11.7 Å². The molecule has 1 unspecified atom stereocenters. The van der Waals surface area contributed by atoms with Crippen molar-refractivity contribution in [1.82, 2.24) is 5.16 Å². The number of anilines is 1. The first kappa shape index (κ1) is 22.8. The number of carbonyl (C=O) groups is 2. The zero-order chi connectivity index (χ0) is 24.4. The van der Waals surface area contributed by atoms with Crippen molar-refractivity contribution < 1.29 is 28.7 Å². The Bertz CT molecular complexity index is 1310. The Labute approximate surface area is 196 Å². The van der Waals surface area contributed by atoms with E-state index in [4.69, 9.17) is 14.0 Å². The van der Waals surface area contributed by atoms with Gasteiger partial charge in [0.05, 0.1) is 18.7 Å². The molecule has 1 saturated heterocycles. The second-order valence-corrected chi connectivity index (χ2v) is 7.82. The Kier molecular flexibility index (Phi) is 6.23. The van der Waals surface area contributed by atoms with Gasteiger partial charge in [0.2, 0.25) is 0 Å². The SMILES string of the molecule is C=CCOc1cccc(C2/C(=C(\O)c3ccc(OC)c(C)c3)C(=O)C(=O)N2c2cc(C)on2)c1. The van der Waals surface area contributed by atoms with Crippen LogP contribution in [-0.4, -0.2) is 35.7 Å². The van der Waals surface area contributed by atoms with Crippen LogP contribution in [0.15, 0.2) is 71.3 Å². The van der Waals surface area contributed by atoms with Crippen molar-refractivity contribution in [2.24, 2.45) is 0 Å². The van der Waals surface area contributed by atoms with Crippen LogP contribution in [0.3, 0.4) is 0 Å². The van der Waals surface area contributed by atoms with Crippen LogP contribution in [-0.2, 0) is 9.59 Å². The van der Waals surface area contributed by atoms with Gasteiger partial charge in [-0.15, -0.1) is 0 Å². The van der Waals surface area contributed by atoms with Crippen LogP contribution in [0.25, 0.3) is 5.76 Å². The van der Waals surface area contributed by atoms with Gasteiger partial charge in [0.25, 0.3) is 5.78 Å². The molecule has 8 nitrogen and oxygen atoms in total. The number of hydrogen-bond acceptors (Lipinski definition) is 7. The summed E-state index contributed by atoms with van der Waals surface area (Å²) >= 11 is 0. The molecule has 1 fully saturated rings. The first-order valence-corrected chi connectivity index (χ1v) is 10.6. The number of aliphatic hydroxyl groups is 1. The molecule has 174 valence electrons. The lowest BCUT2D eigenvalue weighted by atomic mass is 9.94. The number of aromatic nitrogens is 1. The highest BCUT2D eigenvalue weighted by atomic mass is 16.5. The summed E-state index contributed by atoms with van der Waals surface area (Å²) in [5, 5.41) is 15.2. The molecule has 34 heavy (non-hydrogen) atoms. The van der Waals surface area contributed by atoms with Gasteiger partial charge in [0.15, 0.2) is 5.82 Å². The monoisotopic (exact) mass is 460 g/mol. The largest absolute Gasteiger partial charge is 0.507 e. The average Bonchev–Trinajstić information content (AvgIpc) is 3.37. The minimum atomic E-state index is -0.945. The zero-order valence-corrected chi connectivity index (χ0v) is 19.1. The predicted molar refractivity (Wildman–Crippen MR) is 126 cm³/mol. The minimum Gasteiger partial charge on any atom is -0.507 e. The van der Waals surface area contributed by atoms with Crippen molar-refractivity contribution in [3.8, 4) is 11.5 Å². The maximum Gasteiger partial charge on any atom is 0.301 e. The maximum absolute atomic E-state index is 13.2. The van der Waals surface area contributed by atoms with E-state index in [9.17, 15) is 14.7 Å². The number of rotatable bonds is 7. The minimum absolute atomic E-state index is 0.0592. The molecule has 1 aliphatic heterocycles. The lowest BCUT2D eigenvalue weighted by Crippen LogP contribution is -2.29. The molecule has 1 amide bonds. The molecule has 4 rings (SSSR count). The Morgan fingerprint density at radius 2 is 2.00 bits per heavy atom. The van der Waals surface area contributed by atoms with Crippen LogP contribution >= 0.6 is 0 Å². The fourth-order valence-electron chi connectivity index (χ4n) is 3.96. The third-order valence-electron chi connectivity index (χ3n) is 5.52. The first-order chi connectivity index (χ1) is 16.3. The molecule has 0 bridgehead atoms. The number of aliphatic hydroxyl groups excluding tert-OH is 1. The molecular formula is C26H24N2O6. The van der Waals surface area contributed by atoms with Crippen molar-refractivity contribution in [2.75, 3.05) is 18.6 Å². The number of methoxy groups -OCH3 is 1. The summed E-state index contributed by atoms with van der Waals surface area (Å²) in [6.07, 6.45) is 1.61. The summed E-state index contributed by atoms with van der Waals surface area (Å²) < 4.78 is 16.1. The normalized spacial score (nSPS) is 17.1. The summed E-state index contributed by atoms with van der Waals surface area (Å²) in [6, 6.07) is 12.6. The summed E-state index contributed by atoms with van der Waals surface area (Å²) in [6.45, 7) is 7.45. The Balaban J connectivity index is 1.91. The molecule has 0 aliphatic carbocycles. The predicted octanol–water partition coefficient (Wildman–Crippen LogP) is 4.49. The number of amides is 1. The van der Waals surface area contributed by atoms with E-state index < -0.39 is 17.7 Å². The zero-order valence-electron chi connectivity index (χ0n) is 19.1. The van der Waals surface area contributed by atoms with Crippen LogP contribution in [0.2, 0.25) is 0 Å². The number of nitrogens with zero attached hydrogens (tertiary/aromatic N) is 2. The van der Waals surface area contributed by atoms with Gasteiger partial charge in [-0.1, -0.05) is 29.9 Å². The van der Waals surface area contributed by atoms with Gasteiger partial charge in [-0.3, -0.25) is 14.5 Å². The van der Waals surface area contributed by atoms with Crippen LogP contribution in [0.1, 0.15) is 28.5 Å². The van der Waals surface area contributed by atoms with Crippen molar-refractivity contribution in [3.63, 3.8) is 0 Å². The highest BCUT2D eigenvalue weighted by Gasteiger charge is 2.48. The number of aryl methyl sites for hydroxylation is 2. The Morgan fingerprint density at radius 3 is 2.65 bits per heavy atom. The fraction of sp³-hybridized carbons (Fsp3) is 0.192. The highest BCUT2D eigenvalue weighted by molar-refractivity contribution is 6.51. The molecule has 8 heteroatoms. The van der Waals surface area contributed by atoms with Crippen molar-refractivity contribution in [2.45, 2.75) is 19.9 Å². The number of benzene rings is 2. The standard InChI is InChI=1S/C26H24N2O6/c1-5-11-33-19-8-6-7-17(14-19)23-22(24(29)18-9-10-20(32-4)15(2)12-18)25(30)26(31)28(23)21-13-16(3)34-27-21/h5-10,12-14,23,29H,1,11H2,2-4H3/b24-22+. The molecule has 0 saturated carbocycles. The van der Waals surface area contributed by atoms with E-state index in [0.29, 0.717) is 28.4 Å². The molecule has 1 N–H and O–H groups in total. The van der Waals surface area contributed by atoms with E-state index in [1.165, 1.54) is 4.90 Å². The van der Waals surface area contributed by atoms with Crippen molar-refractivity contribution in [1.29, 1.82) is 0 Å². The van der Waals surface area contributed by atoms with Gasteiger partial charge in [-0.05, 0) is 55.3 Å². The van der Waals surface area contributed by atoms with E-state index in [1.54, 1.807) is 68.6 Å². The lowest BCUT2D eigenvalue weighted by molar-refractivity contribution is -0.132. The molecule has 0 spiro atoms. The lowest BCUT2D eigenvalue weighted by Gasteiger charge is -2.23. The molecule has 1 aromatic heterocycles. The van der Waals surface area contributed by atoms with Gasteiger partial charge >= 0.3 is 5.91 Å². The molecule has 1 aliphatic rings. The fourth-order valence-corrected chi connectivity index (χ4v) is 3.96. The molecular weight excluding hydrogens is 436 g/mol. The topological polar surface area (TPSA) is 102 Å². The molecule has 1 atom stereocenters. The number of ketones is 1. The van der Waals surface area contributed by atoms with Crippen molar-refractivity contribution >= 4 is 23.3 Å².